The second-order valence-corrected chi connectivity index (χ2v) is 8.01. The number of Topliss-reactive ketones (excluding diaryl/α,β-unsaturated/α-hetero) is 1. The van der Waals surface area contributed by atoms with Crippen LogP contribution in [0.2, 0.25) is 0 Å². The molecule has 0 atom stereocenters. The molecule has 1 saturated heterocycles. The minimum atomic E-state index is 0.256. The molecule has 0 spiro atoms. The second kappa shape index (κ2) is 9.21. The molecule has 0 bridgehead atoms. The lowest BCUT2D eigenvalue weighted by molar-refractivity contribution is -1.01. The van der Waals surface area contributed by atoms with E-state index in [2.05, 4.69) is 66.5 Å². The van der Waals surface area contributed by atoms with E-state index in [1.54, 1.807) is 4.90 Å². The predicted molar refractivity (Wildman–Crippen MR) is 119 cm³/mol. The molecule has 4 rings (SSSR count). The number of quaternary nitrogens is 2. The van der Waals surface area contributed by atoms with Crippen LogP contribution in [-0.4, -0.2) is 50.0 Å². The summed E-state index contributed by atoms with van der Waals surface area (Å²) in [6, 6.07) is 16.7. The number of carbonyl (C=O) groups excluding carboxylic acids is 1. The number of hydrogen-bond donors (Lipinski definition) is 3. The van der Waals surface area contributed by atoms with Gasteiger partial charge < -0.3 is 14.8 Å². The highest BCUT2D eigenvalue weighted by Gasteiger charge is 2.25. The Labute approximate surface area is 172 Å². The van der Waals surface area contributed by atoms with E-state index in [0.717, 1.165) is 55.6 Å². The Morgan fingerprint density at radius 1 is 1.00 bits per heavy atom. The number of aromatic amines is 1. The van der Waals surface area contributed by atoms with Crippen molar-refractivity contribution in [3.63, 3.8) is 0 Å². The highest BCUT2D eigenvalue weighted by atomic mass is 16.1. The van der Waals surface area contributed by atoms with Gasteiger partial charge in [-0.15, -0.1) is 0 Å². The predicted octanol–water partition coefficient (Wildman–Crippen LogP) is 1.41. The summed E-state index contributed by atoms with van der Waals surface area (Å²) in [5.41, 5.74) is 4.50. The molecule has 2 heterocycles. The van der Waals surface area contributed by atoms with Crippen LogP contribution in [0.4, 0.5) is 0 Å². The van der Waals surface area contributed by atoms with Crippen LogP contribution >= 0.6 is 0 Å². The zero-order chi connectivity index (χ0) is 20.1. The maximum absolute atomic E-state index is 12.9. The highest BCUT2D eigenvalue weighted by molar-refractivity contribution is 6.08. The van der Waals surface area contributed by atoms with Crippen molar-refractivity contribution < 1.29 is 14.6 Å². The van der Waals surface area contributed by atoms with Gasteiger partial charge in [0.2, 0.25) is 5.78 Å². The third-order valence-electron chi connectivity index (χ3n) is 6.07. The van der Waals surface area contributed by atoms with E-state index in [0.29, 0.717) is 6.54 Å². The van der Waals surface area contributed by atoms with Gasteiger partial charge in [0, 0.05) is 22.7 Å². The summed E-state index contributed by atoms with van der Waals surface area (Å²) in [5, 5.41) is 1.07. The van der Waals surface area contributed by atoms with E-state index in [-0.39, 0.29) is 5.78 Å². The molecule has 1 aromatic heterocycles. The molecule has 1 fully saturated rings. The first-order valence-electron chi connectivity index (χ1n) is 10.8. The van der Waals surface area contributed by atoms with Crippen molar-refractivity contribution in [3.8, 4) is 0 Å². The quantitative estimate of drug-likeness (QED) is 0.526. The largest absolute Gasteiger partial charge is 0.360 e. The normalized spacial score (nSPS) is 19.8. The summed E-state index contributed by atoms with van der Waals surface area (Å²) < 4.78 is 0. The van der Waals surface area contributed by atoms with Crippen LogP contribution in [0.25, 0.3) is 17.0 Å². The third kappa shape index (κ3) is 4.66. The summed E-state index contributed by atoms with van der Waals surface area (Å²) in [6.45, 7) is 8.16. The number of aromatic nitrogens is 1. The summed E-state index contributed by atoms with van der Waals surface area (Å²) in [7, 11) is 0. The van der Waals surface area contributed by atoms with E-state index >= 15 is 0 Å². The first-order chi connectivity index (χ1) is 14.2. The molecule has 4 heteroatoms. The molecule has 150 valence electrons. The van der Waals surface area contributed by atoms with Gasteiger partial charge in [-0.05, 0) is 23.6 Å². The minimum Gasteiger partial charge on any atom is -0.360 e. The number of fused-ring (bicyclic) bond motifs is 1. The molecule has 0 saturated carbocycles. The van der Waals surface area contributed by atoms with Crippen LogP contribution in [0.5, 0.6) is 0 Å². The number of H-pyrrole nitrogens is 1. The van der Waals surface area contributed by atoms with Gasteiger partial charge in [0.15, 0.2) is 0 Å². The highest BCUT2D eigenvalue weighted by Crippen LogP contribution is 2.22. The van der Waals surface area contributed by atoms with Crippen molar-refractivity contribution >= 4 is 22.8 Å². The Hall–Kier alpha value is -2.69. The number of hydrogen-bond acceptors (Lipinski definition) is 1. The number of aryl methyl sites for hydroxylation is 1. The topological polar surface area (TPSA) is 41.7 Å². The number of rotatable bonds is 7. The summed E-state index contributed by atoms with van der Waals surface area (Å²) in [5.74, 6) is 0.256. The lowest BCUT2D eigenvalue weighted by Crippen LogP contribution is -3.28. The van der Waals surface area contributed by atoms with E-state index < -0.39 is 0 Å². The fourth-order valence-electron chi connectivity index (χ4n) is 4.33. The lowest BCUT2D eigenvalue weighted by Gasteiger charge is -2.28. The molecule has 1 aliphatic rings. The van der Waals surface area contributed by atoms with Crippen LogP contribution < -0.4 is 9.80 Å². The Kier molecular flexibility index (Phi) is 6.23. The Morgan fingerprint density at radius 3 is 2.52 bits per heavy atom. The standard InChI is InChI=1S/C25H29N3O/c1-2-21-11-6-12-22-23(18-26-25(21)22)24(29)19-28-16-14-27(15-17-28)13-7-10-20-8-4-3-5-9-20/h3-12,18,26H,2,13-17,19H2,1H3/p+2/b10-7+. The fraction of sp³-hybridized carbons (Fsp3) is 0.320. The summed E-state index contributed by atoms with van der Waals surface area (Å²) >= 11 is 0. The average molecular weight is 390 g/mol. The Bertz CT molecular complexity index is 982. The first-order valence-corrected chi connectivity index (χ1v) is 10.8. The number of benzene rings is 2. The molecule has 0 amide bonds. The molecular weight excluding hydrogens is 358 g/mol. The molecule has 0 radical (unpaired) electrons. The van der Waals surface area contributed by atoms with Crippen LogP contribution in [0.15, 0.2) is 60.8 Å². The van der Waals surface area contributed by atoms with Crippen LogP contribution in [0.3, 0.4) is 0 Å². The van der Waals surface area contributed by atoms with Crippen molar-refractivity contribution in [2.45, 2.75) is 13.3 Å². The molecule has 3 aromatic rings. The SMILES string of the molecule is CCc1cccc2c(C(=O)C[NH+]3CC[NH+](C/C=C/c4ccccc4)CC3)c[nH]c12. The van der Waals surface area contributed by atoms with E-state index in [4.69, 9.17) is 0 Å². The van der Waals surface area contributed by atoms with E-state index in [9.17, 15) is 4.79 Å². The van der Waals surface area contributed by atoms with Gasteiger partial charge in [0.1, 0.15) is 32.7 Å². The van der Waals surface area contributed by atoms with Crippen molar-refractivity contribution in [1.29, 1.82) is 0 Å². The average Bonchev–Trinajstić information content (AvgIpc) is 3.20. The molecule has 4 nitrogen and oxygen atoms in total. The smallest absolute Gasteiger partial charge is 0.219 e. The van der Waals surface area contributed by atoms with Crippen molar-refractivity contribution in [2.75, 3.05) is 39.3 Å². The monoisotopic (exact) mass is 389 g/mol. The van der Waals surface area contributed by atoms with E-state index in [1.165, 1.54) is 16.0 Å². The van der Waals surface area contributed by atoms with E-state index in [1.807, 2.05) is 12.3 Å². The van der Waals surface area contributed by atoms with Gasteiger partial charge in [-0.1, -0.05) is 61.5 Å². The van der Waals surface area contributed by atoms with Gasteiger partial charge in [-0.3, -0.25) is 4.79 Å². The maximum atomic E-state index is 12.9. The van der Waals surface area contributed by atoms with Crippen molar-refractivity contribution in [2.24, 2.45) is 0 Å². The number of carbonyl (C=O) groups is 1. The molecule has 0 unspecified atom stereocenters. The molecule has 0 aliphatic carbocycles. The van der Waals surface area contributed by atoms with Crippen LogP contribution in [0, 0.1) is 0 Å². The summed E-state index contributed by atoms with van der Waals surface area (Å²) in [6.07, 6.45) is 7.36. The minimum absolute atomic E-state index is 0.256. The molecule has 29 heavy (non-hydrogen) atoms. The van der Waals surface area contributed by atoms with Gasteiger partial charge in [-0.2, -0.15) is 0 Å². The van der Waals surface area contributed by atoms with Crippen LogP contribution in [-0.2, 0) is 6.42 Å². The third-order valence-corrected chi connectivity index (χ3v) is 6.07. The number of ketones is 1. The second-order valence-electron chi connectivity index (χ2n) is 8.01. The van der Waals surface area contributed by atoms with Gasteiger partial charge in [-0.25, -0.2) is 0 Å². The molecule has 1 aliphatic heterocycles. The molecule has 3 N–H and O–H groups in total. The van der Waals surface area contributed by atoms with Crippen molar-refractivity contribution in [3.05, 3.63) is 77.5 Å². The fourth-order valence-corrected chi connectivity index (χ4v) is 4.33. The zero-order valence-corrected chi connectivity index (χ0v) is 17.2. The maximum Gasteiger partial charge on any atom is 0.219 e. The Balaban J connectivity index is 1.30. The number of para-hydroxylation sites is 1. The number of piperazine rings is 1. The molecular formula is C25H31N3O+2. The molecule has 2 aromatic carbocycles. The summed E-state index contributed by atoms with van der Waals surface area (Å²) in [4.78, 5) is 19.3. The van der Waals surface area contributed by atoms with Crippen LogP contribution in [0.1, 0.15) is 28.4 Å². The van der Waals surface area contributed by atoms with Crippen molar-refractivity contribution in [1.82, 2.24) is 4.98 Å². The lowest BCUT2D eigenvalue weighted by atomic mass is 10.0. The van der Waals surface area contributed by atoms with Gasteiger partial charge in [0.05, 0.1) is 6.54 Å². The Morgan fingerprint density at radius 2 is 1.76 bits per heavy atom. The zero-order valence-electron chi connectivity index (χ0n) is 17.2. The van der Waals surface area contributed by atoms with Gasteiger partial charge >= 0.3 is 0 Å². The van der Waals surface area contributed by atoms with Gasteiger partial charge in [0.25, 0.3) is 0 Å². The number of nitrogens with one attached hydrogen (secondary N) is 3. The first kappa shape index (κ1) is 19.6.